The zero-order valence-electron chi connectivity index (χ0n) is 11.8. The van der Waals surface area contributed by atoms with Gasteiger partial charge in [-0.3, -0.25) is 0 Å². The standard InChI is InChI=1S/C16H16F2O3/c1-11(10-19-2)20-14-4-3-5-15(9-14)21-16-7-12(17)6-13(18)8-16/h3-9,11H,10H2,1-2H3/t11-/m0/s1. The molecule has 0 N–H and O–H groups in total. The van der Waals surface area contributed by atoms with Crippen LogP contribution in [0.2, 0.25) is 0 Å². The van der Waals surface area contributed by atoms with Crippen molar-refractivity contribution >= 4 is 0 Å². The molecule has 5 heteroatoms. The summed E-state index contributed by atoms with van der Waals surface area (Å²) >= 11 is 0. The van der Waals surface area contributed by atoms with Crippen molar-refractivity contribution < 1.29 is 23.0 Å². The zero-order valence-corrected chi connectivity index (χ0v) is 11.8. The third-order valence-electron chi connectivity index (χ3n) is 2.62. The highest BCUT2D eigenvalue weighted by atomic mass is 19.1. The van der Waals surface area contributed by atoms with Gasteiger partial charge in [0.2, 0.25) is 0 Å². The highest BCUT2D eigenvalue weighted by Crippen LogP contribution is 2.26. The van der Waals surface area contributed by atoms with E-state index in [9.17, 15) is 8.78 Å². The van der Waals surface area contributed by atoms with Crippen LogP contribution < -0.4 is 9.47 Å². The summed E-state index contributed by atoms with van der Waals surface area (Å²) in [7, 11) is 1.60. The Morgan fingerprint density at radius 3 is 2.29 bits per heavy atom. The van der Waals surface area contributed by atoms with Crippen molar-refractivity contribution in [3.63, 3.8) is 0 Å². The quantitative estimate of drug-likeness (QED) is 0.800. The van der Waals surface area contributed by atoms with Crippen LogP contribution in [-0.4, -0.2) is 19.8 Å². The molecule has 0 spiro atoms. The maximum Gasteiger partial charge on any atom is 0.133 e. The van der Waals surface area contributed by atoms with Crippen LogP contribution in [0.1, 0.15) is 6.92 Å². The molecule has 0 aliphatic rings. The van der Waals surface area contributed by atoms with Crippen molar-refractivity contribution in [1.82, 2.24) is 0 Å². The van der Waals surface area contributed by atoms with Gasteiger partial charge in [-0.2, -0.15) is 0 Å². The molecule has 0 saturated carbocycles. The molecular formula is C16H16F2O3. The molecule has 21 heavy (non-hydrogen) atoms. The Labute approximate surface area is 122 Å². The minimum atomic E-state index is -0.689. The molecule has 0 aliphatic heterocycles. The van der Waals surface area contributed by atoms with E-state index in [0.717, 1.165) is 18.2 Å². The average Bonchev–Trinajstić information content (AvgIpc) is 2.37. The maximum absolute atomic E-state index is 13.1. The Hall–Kier alpha value is -2.14. The summed E-state index contributed by atoms with van der Waals surface area (Å²) < 4.78 is 42.3. The molecule has 0 unspecified atom stereocenters. The second kappa shape index (κ2) is 7.04. The molecule has 1 atom stereocenters. The van der Waals surface area contributed by atoms with Gasteiger partial charge in [0.25, 0.3) is 0 Å². The molecule has 2 aromatic carbocycles. The fourth-order valence-electron chi connectivity index (χ4n) is 1.84. The van der Waals surface area contributed by atoms with Gasteiger partial charge in [0.1, 0.15) is 35.0 Å². The molecule has 0 amide bonds. The first-order valence-corrected chi connectivity index (χ1v) is 6.46. The summed E-state index contributed by atoms with van der Waals surface area (Å²) in [5, 5.41) is 0. The first-order valence-electron chi connectivity index (χ1n) is 6.46. The number of hydrogen-bond donors (Lipinski definition) is 0. The number of ether oxygens (including phenoxy) is 3. The highest BCUT2D eigenvalue weighted by Gasteiger charge is 2.06. The van der Waals surface area contributed by atoms with Gasteiger partial charge in [0.05, 0.1) is 6.61 Å². The molecule has 2 rings (SSSR count). The van der Waals surface area contributed by atoms with Gasteiger partial charge in [0.15, 0.2) is 0 Å². The van der Waals surface area contributed by atoms with Crippen molar-refractivity contribution in [3.8, 4) is 17.2 Å². The van der Waals surface area contributed by atoms with Crippen molar-refractivity contribution in [2.45, 2.75) is 13.0 Å². The van der Waals surface area contributed by atoms with Crippen LogP contribution in [0, 0.1) is 11.6 Å². The predicted octanol–water partition coefficient (Wildman–Crippen LogP) is 4.17. The third-order valence-corrected chi connectivity index (χ3v) is 2.62. The minimum Gasteiger partial charge on any atom is -0.488 e. The van der Waals surface area contributed by atoms with E-state index in [1.807, 2.05) is 6.92 Å². The third kappa shape index (κ3) is 4.72. The molecule has 3 nitrogen and oxygen atoms in total. The average molecular weight is 294 g/mol. The fraction of sp³-hybridized carbons (Fsp3) is 0.250. The van der Waals surface area contributed by atoms with Crippen LogP contribution >= 0.6 is 0 Å². The van der Waals surface area contributed by atoms with Gasteiger partial charge < -0.3 is 14.2 Å². The second-order valence-corrected chi connectivity index (χ2v) is 4.57. The van der Waals surface area contributed by atoms with Crippen molar-refractivity contribution in [2.24, 2.45) is 0 Å². The molecule has 0 aromatic heterocycles. The zero-order chi connectivity index (χ0) is 15.2. The second-order valence-electron chi connectivity index (χ2n) is 4.57. The largest absolute Gasteiger partial charge is 0.488 e. The molecule has 0 fully saturated rings. The Kier molecular flexibility index (Phi) is 5.11. The number of methoxy groups -OCH3 is 1. The van der Waals surface area contributed by atoms with Crippen LogP contribution in [0.15, 0.2) is 42.5 Å². The van der Waals surface area contributed by atoms with Crippen molar-refractivity contribution in [3.05, 3.63) is 54.1 Å². The highest BCUT2D eigenvalue weighted by molar-refractivity contribution is 5.37. The first-order chi connectivity index (χ1) is 10.1. The van der Waals surface area contributed by atoms with E-state index < -0.39 is 11.6 Å². The summed E-state index contributed by atoms with van der Waals surface area (Å²) in [6.07, 6.45) is -0.114. The predicted molar refractivity (Wildman–Crippen MR) is 74.8 cm³/mol. The van der Waals surface area contributed by atoms with Crippen LogP contribution in [-0.2, 0) is 4.74 Å². The lowest BCUT2D eigenvalue weighted by molar-refractivity contribution is 0.0919. The molecule has 2 aromatic rings. The lowest BCUT2D eigenvalue weighted by Crippen LogP contribution is -2.17. The maximum atomic E-state index is 13.1. The monoisotopic (exact) mass is 294 g/mol. The van der Waals surface area contributed by atoms with E-state index in [1.165, 1.54) is 0 Å². The van der Waals surface area contributed by atoms with Crippen LogP contribution in [0.4, 0.5) is 8.78 Å². The van der Waals surface area contributed by atoms with E-state index in [4.69, 9.17) is 14.2 Å². The van der Waals surface area contributed by atoms with Gasteiger partial charge >= 0.3 is 0 Å². The molecule has 112 valence electrons. The minimum absolute atomic E-state index is 0.0922. The number of halogens is 2. The van der Waals surface area contributed by atoms with Crippen molar-refractivity contribution in [1.29, 1.82) is 0 Å². The molecule has 0 bridgehead atoms. The Morgan fingerprint density at radius 1 is 0.952 bits per heavy atom. The number of rotatable bonds is 6. The van der Waals surface area contributed by atoms with Crippen molar-refractivity contribution in [2.75, 3.05) is 13.7 Å². The summed E-state index contributed by atoms with van der Waals surface area (Å²) in [6, 6.07) is 9.85. The smallest absolute Gasteiger partial charge is 0.133 e. The Morgan fingerprint density at radius 2 is 1.62 bits per heavy atom. The van der Waals surface area contributed by atoms with Crippen LogP contribution in [0.5, 0.6) is 17.2 Å². The summed E-state index contributed by atoms with van der Waals surface area (Å²) in [4.78, 5) is 0. The van der Waals surface area contributed by atoms with Gasteiger partial charge in [-0.05, 0) is 19.1 Å². The summed E-state index contributed by atoms with van der Waals surface area (Å²) in [6.45, 7) is 2.33. The Bertz CT molecular complexity index is 582. The lowest BCUT2D eigenvalue weighted by Gasteiger charge is -2.14. The fourth-order valence-corrected chi connectivity index (χ4v) is 1.84. The van der Waals surface area contributed by atoms with Gasteiger partial charge in [-0.1, -0.05) is 6.07 Å². The molecule has 0 heterocycles. The molecule has 0 aliphatic carbocycles. The molecule has 0 saturated heterocycles. The molecule has 0 radical (unpaired) electrons. The van der Waals surface area contributed by atoms with Gasteiger partial charge in [0, 0.05) is 31.4 Å². The summed E-state index contributed by atoms with van der Waals surface area (Å²) in [5.74, 6) is -0.261. The van der Waals surface area contributed by atoms with Crippen LogP contribution in [0.25, 0.3) is 0 Å². The molecular weight excluding hydrogens is 278 g/mol. The topological polar surface area (TPSA) is 27.7 Å². The SMILES string of the molecule is COC[C@H](C)Oc1cccc(Oc2cc(F)cc(F)c2)c1. The van der Waals surface area contributed by atoms with Gasteiger partial charge in [-0.15, -0.1) is 0 Å². The van der Waals surface area contributed by atoms with E-state index in [1.54, 1.807) is 31.4 Å². The Balaban J connectivity index is 2.10. The van der Waals surface area contributed by atoms with E-state index >= 15 is 0 Å². The normalized spacial score (nSPS) is 12.0. The number of hydrogen-bond acceptors (Lipinski definition) is 3. The first kappa shape index (κ1) is 15.3. The van der Waals surface area contributed by atoms with Gasteiger partial charge in [-0.25, -0.2) is 8.78 Å². The van der Waals surface area contributed by atoms with E-state index in [-0.39, 0.29) is 11.9 Å². The van der Waals surface area contributed by atoms with E-state index in [2.05, 4.69) is 0 Å². The lowest BCUT2D eigenvalue weighted by atomic mass is 10.3. The number of benzene rings is 2. The summed E-state index contributed by atoms with van der Waals surface area (Å²) in [5.41, 5.74) is 0. The van der Waals surface area contributed by atoms with Crippen LogP contribution in [0.3, 0.4) is 0 Å². The van der Waals surface area contributed by atoms with E-state index in [0.29, 0.717) is 18.1 Å².